The first-order chi connectivity index (χ1) is 13.2. The van der Waals surface area contributed by atoms with E-state index in [9.17, 15) is 9.18 Å². The fraction of sp³-hybridized carbons (Fsp3) is 0.273. The molecule has 1 heterocycles. The third-order valence-corrected chi connectivity index (χ3v) is 5.88. The standard InChI is InChI=1S/C22H21FN2OS/c23-19-12-10-16(11-13-19)14-25(21(26)18-8-4-5-9-18)22-24-20(15-27-22)17-6-2-1-3-7-17/h1-3,6-7,10-13,15,18H,4-5,8-9,14H2. The zero-order chi connectivity index (χ0) is 18.6. The molecule has 0 bridgehead atoms. The zero-order valence-corrected chi connectivity index (χ0v) is 15.8. The van der Waals surface area contributed by atoms with Crippen LogP contribution in [0.3, 0.4) is 0 Å². The zero-order valence-electron chi connectivity index (χ0n) is 15.0. The van der Waals surface area contributed by atoms with Crippen molar-refractivity contribution in [3.63, 3.8) is 0 Å². The summed E-state index contributed by atoms with van der Waals surface area (Å²) in [5.41, 5.74) is 2.81. The third kappa shape index (κ3) is 4.08. The van der Waals surface area contributed by atoms with E-state index in [0.717, 1.165) is 42.5 Å². The Hall–Kier alpha value is -2.53. The van der Waals surface area contributed by atoms with Gasteiger partial charge in [-0.25, -0.2) is 9.37 Å². The molecule has 2 aromatic carbocycles. The first kappa shape index (κ1) is 17.9. The molecule has 1 saturated carbocycles. The average molecular weight is 380 g/mol. The van der Waals surface area contributed by atoms with E-state index < -0.39 is 0 Å². The molecule has 3 aromatic rings. The van der Waals surface area contributed by atoms with Gasteiger partial charge in [0, 0.05) is 16.9 Å². The fourth-order valence-corrected chi connectivity index (χ4v) is 4.37. The molecule has 0 N–H and O–H groups in total. The summed E-state index contributed by atoms with van der Waals surface area (Å²) in [5.74, 6) is -0.0756. The van der Waals surface area contributed by atoms with Crippen molar-refractivity contribution in [1.29, 1.82) is 0 Å². The summed E-state index contributed by atoms with van der Waals surface area (Å²) in [4.78, 5) is 19.7. The van der Waals surface area contributed by atoms with Gasteiger partial charge in [0.15, 0.2) is 5.13 Å². The highest BCUT2D eigenvalue weighted by atomic mass is 32.1. The van der Waals surface area contributed by atoms with Gasteiger partial charge in [0.25, 0.3) is 0 Å². The van der Waals surface area contributed by atoms with Gasteiger partial charge in [-0.15, -0.1) is 11.3 Å². The Labute approximate surface area is 162 Å². The molecule has 0 unspecified atom stereocenters. The molecule has 0 spiro atoms. The molecule has 0 radical (unpaired) electrons. The van der Waals surface area contributed by atoms with Gasteiger partial charge in [0.05, 0.1) is 12.2 Å². The van der Waals surface area contributed by atoms with E-state index in [-0.39, 0.29) is 17.6 Å². The Morgan fingerprint density at radius 3 is 2.48 bits per heavy atom. The minimum absolute atomic E-state index is 0.0644. The van der Waals surface area contributed by atoms with Gasteiger partial charge in [-0.3, -0.25) is 9.69 Å². The van der Waals surface area contributed by atoms with Gasteiger partial charge >= 0.3 is 0 Å². The van der Waals surface area contributed by atoms with Crippen molar-refractivity contribution < 1.29 is 9.18 Å². The number of benzene rings is 2. The molecule has 4 rings (SSSR count). The Bertz CT molecular complexity index is 902. The summed E-state index contributed by atoms with van der Waals surface area (Å²) in [7, 11) is 0. The van der Waals surface area contributed by atoms with Crippen molar-refractivity contribution in [3.8, 4) is 11.3 Å². The summed E-state index contributed by atoms with van der Waals surface area (Å²) in [6.45, 7) is 0.414. The van der Waals surface area contributed by atoms with E-state index in [1.807, 2.05) is 35.7 Å². The Balaban J connectivity index is 1.63. The van der Waals surface area contributed by atoms with E-state index in [4.69, 9.17) is 4.98 Å². The topological polar surface area (TPSA) is 33.2 Å². The van der Waals surface area contributed by atoms with E-state index in [2.05, 4.69) is 0 Å². The molecule has 5 heteroatoms. The van der Waals surface area contributed by atoms with E-state index in [0.29, 0.717) is 11.7 Å². The predicted molar refractivity (Wildman–Crippen MR) is 107 cm³/mol. The van der Waals surface area contributed by atoms with Crippen molar-refractivity contribution >= 4 is 22.4 Å². The van der Waals surface area contributed by atoms with Gasteiger partial charge in [-0.1, -0.05) is 55.3 Å². The number of hydrogen-bond donors (Lipinski definition) is 0. The summed E-state index contributed by atoms with van der Waals surface area (Å²) in [6.07, 6.45) is 4.09. The van der Waals surface area contributed by atoms with Crippen LogP contribution in [0, 0.1) is 11.7 Å². The van der Waals surface area contributed by atoms with E-state index in [1.54, 1.807) is 17.0 Å². The molecule has 0 saturated heterocycles. The maximum absolute atomic E-state index is 13.3. The molecule has 1 fully saturated rings. The summed E-state index contributed by atoms with van der Waals surface area (Å²) in [6, 6.07) is 16.3. The Morgan fingerprint density at radius 2 is 1.78 bits per heavy atom. The maximum atomic E-state index is 13.3. The van der Waals surface area contributed by atoms with Crippen LogP contribution in [0.1, 0.15) is 31.2 Å². The number of halogens is 1. The number of carbonyl (C=O) groups is 1. The molecule has 138 valence electrons. The predicted octanol–water partition coefficient (Wildman–Crippen LogP) is 5.67. The average Bonchev–Trinajstić information content (AvgIpc) is 3.40. The van der Waals surface area contributed by atoms with Crippen molar-refractivity contribution in [3.05, 3.63) is 71.4 Å². The first-order valence-corrected chi connectivity index (χ1v) is 10.2. The van der Waals surface area contributed by atoms with Crippen molar-refractivity contribution in [2.75, 3.05) is 4.90 Å². The van der Waals surface area contributed by atoms with Gasteiger partial charge in [-0.05, 0) is 30.5 Å². The minimum Gasteiger partial charge on any atom is -0.283 e. The number of aromatic nitrogens is 1. The normalized spacial score (nSPS) is 14.4. The number of anilines is 1. The quantitative estimate of drug-likeness (QED) is 0.571. The molecule has 0 atom stereocenters. The van der Waals surface area contributed by atoms with Gasteiger partial charge in [-0.2, -0.15) is 0 Å². The lowest BCUT2D eigenvalue weighted by Crippen LogP contribution is -2.34. The van der Waals surface area contributed by atoms with Gasteiger partial charge in [0.2, 0.25) is 5.91 Å². The van der Waals surface area contributed by atoms with Crippen LogP contribution in [0.25, 0.3) is 11.3 Å². The number of carbonyl (C=O) groups excluding carboxylic acids is 1. The number of hydrogen-bond acceptors (Lipinski definition) is 3. The first-order valence-electron chi connectivity index (χ1n) is 9.27. The van der Waals surface area contributed by atoms with Crippen LogP contribution in [-0.2, 0) is 11.3 Å². The number of thiazole rings is 1. The second-order valence-electron chi connectivity index (χ2n) is 6.91. The maximum Gasteiger partial charge on any atom is 0.232 e. The molecule has 1 aromatic heterocycles. The largest absolute Gasteiger partial charge is 0.283 e. The highest BCUT2D eigenvalue weighted by molar-refractivity contribution is 7.14. The van der Waals surface area contributed by atoms with Crippen LogP contribution in [0.5, 0.6) is 0 Å². The minimum atomic E-state index is -0.270. The van der Waals surface area contributed by atoms with Gasteiger partial charge in [0.1, 0.15) is 5.82 Å². The molecule has 1 aliphatic rings. The molecule has 27 heavy (non-hydrogen) atoms. The van der Waals surface area contributed by atoms with Crippen LogP contribution < -0.4 is 4.90 Å². The molecular formula is C22H21FN2OS. The second kappa shape index (κ2) is 8.01. The highest BCUT2D eigenvalue weighted by Crippen LogP contribution is 2.33. The van der Waals surface area contributed by atoms with Crippen LogP contribution >= 0.6 is 11.3 Å². The van der Waals surface area contributed by atoms with Crippen molar-refractivity contribution in [2.24, 2.45) is 5.92 Å². The van der Waals surface area contributed by atoms with Crippen LogP contribution in [0.15, 0.2) is 60.0 Å². The number of amides is 1. The van der Waals surface area contributed by atoms with Crippen LogP contribution in [0.4, 0.5) is 9.52 Å². The number of nitrogens with zero attached hydrogens (tertiary/aromatic N) is 2. The SMILES string of the molecule is O=C(C1CCCC1)N(Cc1ccc(F)cc1)c1nc(-c2ccccc2)cs1. The second-order valence-corrected chi connectivity index (χ2v) is 7.75. The lowest BCUT2D eigenvalue weighted by atomic mass is 10.1. The lowest BCUT2D eigenvalue weighted by molar-refractivity contribution is -0.122. The lowest BCUT2D eigenvalue weighted by Gasteiger charge is -2.23. The Morgan fingerprint density at radius 1 is 1.07 bits per heavy atom. The van der Waals surface area contributed by atoms with Gasteiger partial charge < -0.3 is 0 Å². The van der Waals surface area contributed by atoms with E-state index >= 15 is 0 Å². The number of rotatable bonds is 5. The third-order valence-electron chi connectivity index (χ3n) is 5.02. The summed E-state index contributed by atoms with van der Waals surface area (Å²) >= 11 is 1.48. The Kier molecular flexibility index (Phi) is 5.30. The van der Waals surface area contributed by atoms with Crippen molar-refractivity contribution in [1.82, 2.24) is 4.98 Å². The fourth-order valence-electron chi connectivity index (χ4n) is 3.54. The monoisotopic (exact) mass is 380 g/mol. The molecule has 3 nitrogen and oxygen atoms in total. The molecular weight excluding hydrogens is 359 g/mol. The summed E-state index contributed by atoms with van der Waals surface area (Å²) in [5, 5.41) is 2.69. The summed E-state index contributed by atoms with van der Waals surface area (Å²) < 4.78 is 13.3. The van der Waals surface area contributed by atoms with E-state index in [1.165, 1.54) is 23.5 Å². The molecule has 1 aliphatic carbocycles. The molecule has 0 aliphatic heterocycles. The van der Waals surface area contributed by atoms with Crippen LogP contribution in [0.2, 0.25) is 0 Å². The van der Waals surface area contributed by atoms with Crippen molar-refractivity contribution in [2.45, 2.75) is 32.2 Å². The van der Waals surface area contributed by atoms with Crippen LogP contribution in [-0.4, -0.2) is 10.9 Å². The highest BCUT2D eigenvalue weighted by Gasteiger charge is 2.29. The molecule has 1 amide bonds. The smallest absolute Gasteiger partial charge is 0.232 e.